The van der Waals surface area contributed by atoms with Gasteiger partial charge in [-0.1, -0.05) is 44.8 Å². The van der Waals surface area contributed by atoms with Gasteiger partial charge in [-0.2, -0.15) is 0 Å². The van der Waals surface area contributed by atoms with E-state index in [2.05, 4.69) is 82.2 Å². The first-order valence-corrected chi connectivity index (χ1v) is 9.18. The number of hydrogen-bond acceptors (Lipinski definition) is 2. The summed E-state index contributed by atoms with van der Waals surface area (Å²) in [7, 11) is 0. The second-order valence-electron chi connectivity index (χ2n) is 4.96. The third-order valence-electron chi connectivity index (χ3n) is 3.21. The Balaban J connectivity index is 2.44. The summed E-state index contributed by atoms with van der Waals surface area (Å²) in [5, 5.41) is 3.68. The highest BCUT2D eigenvalue weighted by Crippen LogP contribution is 2.36. The molecule has 20 heavy (non-hydrogen) atoms. The van der Waals surface area contributed by atoms with Crippen molar-refractivity contribution >= 4 is 43.2 Å². The van der Waals surface area contributed by atoms with Crippen LogP contribution in [0.15, 0.2) is 33.2 Å². The lowest BCUT2D eigenvalue weighted by molar-refractivity contribution is 0.602. The van der Waals surface area contributed by atoms with E-state index in [1.54, 1.807) is 0 Å². The summed E-state index contributed by atoms with van der Waals surface area (Å²) < 4.78 is 2.24. The average molecular weight is 417 g/mol. The largest absolute Gasteiger partial charge is 0.306 e. The monoisotopic (exact) mass is 415 g/mol. The summed E-state index contributed by atoms with van der Waals surface area (Å²) in [5.74, 6) is 0. The molecule has 1 atom stereocenters. The number of nitrogens with one attached hydrogen (secondary N) is 1. The van der Waals surface area contributed by atoms with Crippen LogP contribution < -0.4 is 5.32 Å². The Morgan fingerprint density at radius 3 is 2.50 bits per heavy atom. The van der Waals surface area contributed by atoms with Crippen LogP contribution in [0.3, 0.4) is 0 Å². The summed E-state index contributed by atoms with van der Waals surface area (Å²) in [4.78, 5) is 2.79. The van der Waals surface area contributed by atoms with Crippen molar-refractivity contribution in [1.29, 1.82) is 0 Å². The molecule has 1 aromatic carbocycles. The minimum absolute atomic E-state index is 0.260. The molecule has 1 N–H and O–H groups in total. The van der Waals surface area contributed by atoms with Crippen molar-refractivity contribution in [3.8, 4) is 0 Å². The number of aryl methyl sites for hydroxylation is 2. The summed E-state index contributed by atoms with van der Waals surface area (Å²) >= 11 is 9.11. The van der Waals surface area contributed by atoms with Crippen LogP contribution in [0.4, 0.5) is 0 Å². The van der Waals surface area contributed by atoms with Gasteiger partial charge in [0.1, 0.15) is 0 Å². The Morgan fingerprint density at radius 2 is 1.95 bits per heavy atom. The maximum atomic E-state index is 3.70. The second kappa shape index (κ2) is 7.21. The quantitative estimate of drug-likeness (QED) is 0.632. The Labute approximate surface area is 142 Å². The van der Waals surface area contributed by atoms with Gasteiger partial charge in [-0.05, 0) is 56.1 Å². The van der Waals surface area contributed by atoms with Crippen LogP contribution >= 0.6 is 43.2 Å². The SMILES string of the molecule is CCCNC(c1ccc(Br)cc1Br)c1sc(C)cc1C. The van der Waals surface area contributed by atoms with E-state index in [1.807, 2.05) is 11.3 Å². The first-order valence-electron chi connectivity index (χ1n) is 6.78. The van der Waals surface area contributed by atoms with E-state index in [0.29, 0.717) is 0 Å². The van der Waals surface area contributed by atoms with Crippen LogP contribution in [0, 0.1) is 13.8 Å². The predicted octanol–water partition coefficient (Wildman–Crippen LogP) is 5.98. The van der Waals surface area contributed by atoms with Crippen molar-refractivity contribution in [2.45, 2.75) is 33.2 Å². The molecule has 108 valence electrons. The lowest BCUT2D eigenvalue weighted by Gasteiger charge is -2.20. The van der Waals surface area contributed by atoms with Gasteiger partial charge in [0.05, 0.1) is 6.04 Å². The minimum atomic E-state index is 0.260. The van der Waals surface area contributed by atoms with Crippen molar-refractivity contribution < 1.29 is 0 Å². The molecular weight excluding hydrogens is 398 g/mol. The molecule has 0 fully saturated rings. The van der Waals surface area contributed by atoms with E-state index in [4.69, 9.17) is 0 Å². The highest BCUT2D eigenvalue weighted by atomic mass is 79.9. The zero-order chi connectivity index (χ0) is 14.7. The van der Waals surface area contributed by atoms with Crippen LogP contribution in [-0.4, -0.2) is 6.54 Å². The van der Waals surface area contributed by atoms with Crippen molar-refractivity contribution in [3.63, 3.8) is 0 Å². The molecule has 2 aromatic rings. The van der Waals surface area contributed by atoms with Gasteiger partial charge < -0.3 is 5.32 Å². The summed E-state index contributed by atoms with van der Waals surface area (Å²) in [6.07, 6.45) is 1.13. The molecule has 1 unspecified atom stereocenters. The van der Waals surface area contributed by atoms with E-state index in [9.17, 15) is 0 Å². The van der Waals surface area contributed by atoms with Gasteiger partial charge in [-0.25, -0.2) is 0 Å². The second-order valence-corrected chi connectivity index (χ2v) is 8.02. The Morgan fingerprint density at radius 1 is 1.20 bits per heavy atom. The van der Waals surface area contributed by atoms with E-state index >= 15 is 0 Å². The van der Waals surface area contributed by atoms with Crippen molar-refractivity contribution in [2.75, 3.05) is 6.54 Å². The van der Waals surface area contributed by atoms with Crippen molar-refractivity contribution in [3.05, 3.63) is 54.1 Å². The predicted molar refractivity (Wildman–Crippen MR) is 95.8 cm³/mol. The lowest BCUT2D eigenvalue weighted by Crippen LogP contribution is -2.23. The van der Waals surface area contributed by atoms with Crippen molar-refractivity contribution in [1.82, 2.24) is 5.32 Å². The van der Waals surface area contributed by atoms with Gasteiger partial charge in [-0.3, -0.25) is 0 Å². The molecule has 2 rings (SSSR count). The first-order chi connectivity index (χ1) is 9.52. The number of benzene rings is 1. The van der Waals surface area contributed by atoms with Gasteiger partial charge in [0, 0.05) is 18.7 Å². The van der Waals surface area contributed by atoms with Crippen molar-refractivity contribution in [2.24, 2.45) is 0 Å². The smallest absolute Gasteiger partial charge is 0.0684 e. The van der Waals surface area contributed by atoms with Crippen LogP contribution in [0.5, 0.6) is 0 Å². The molecule has 0 saturated heterocycles. The normalized spacial score (nSPS) is 12.7. The molecule has 0 aliphatic carbocycles. The topological polar surface area (TPSA) is 12.0 Å². The number of halogens is 2. The minimum Gasteiger partial charge on any atom is -0.306 e. The molecule has 0 radical (unpaired) electrons. The fourth-order valence-electron chi connectivity index (χ4n) is 2.31. The van der Waals surface area contributed by atoms with Gasteiger partial charge >= 0.3 is 0 Å². The summed E-state index contributed by atoms with van der Waals surface area (Å²) in [5.41, 5.74) is 2.67. The fraction of sp³-hybridized carbons (Fsp3) is 0.375. The molecule has 1 heterocycles. The van der Waals surface area contributed by atoms with Gasteiger partial charge in [0.2, 0.25) is 0 Å². The maximum absolute atomic E-state index is 3.70. The molecule has 4 heteroatoms. The highest BCUT2D eigenvalue weighted by molar-refractivity contribution is 9.11. The lowest BCUT2D eigenvalue weighted by atomic mass is 10.0. The highest BCUT2D eigenvalue weighted by Gasteiger charge is 2.20. The van der Waals surface area contributed by atoms with E-state index in [1.165, 1.54) is 20.9 Å². The van der Waals surface area contributed by atoms with Crippen LogP contribution in [0.2, 0.25) is 0 Å². The number of thiophene rings is 1. The average Bonchev–Trinajstić information content (AvgIpc) is 2.71. The Kier molecular flexibility index (Phi) is 5.84. The Hall–Kier alpha value is -0.160. The number of hydrogen-bond donors (Lipinski definition) is 1. The van der Waals surface area contributed by atoms with Gasteiger partial charge in [0.25, 0.3) is 0 Å². The zero-order valence-electron chi connectivity index (χ0n) is 12.0. The zero-order valence-corrected chi connectivity index (χ0v) is 16.0. The standard InChI is InChI=1S/C16H19Br2NS/c1-4-7-19-15(16-10(2)8-11(3)20-16)13-6-5-12(17)9-14(13)18/h5-6,8-9,15,19H,4,7H2,1-3H3. The van der Waals surface area contributed by atoms with E-state index < -0.39 is 0 Å². The molecule has 0 spiro atoms. The summed E-state index contributed by atoms with van der Waals surface area (Å²) in [6.45, 7) is 7.59. The van der Waals surface area contributed by atoms with Crippen LogP contribution in [0.25, 0.3) is 0 Å². The molecule has 0 bridgehead atoms. The third-order valence-corrected chi connectivity index (χ3v) is 5.61. The Bertz CT molecular complexity index is 592. The van der Waals surface area contributed by atoms with E-state index in [-0.39, 0.29) is 6.04 Å². The first kappa shape index (κ1) is 16.2. The van der Waals surface area contributed by atoms with Crippen LogP contribution in [0.1, 0.15) is 40.3 Å². The summed E-state index contributed by atoms with van der Waals surface area (Å²) in [6, 6.07) is 8.95. The molecule has 0 aliphatic heterocycles. The van der Waals surface area contributed by atoms with Crippen LogP contribution in [-0.2, 0) is 0 Å². The van der Waals surface area contributed by atoms with E-state index in [0.717, 1.165) is 21.9 Å². The molecular formula is C16H19Br2NS. The number of rotatable bonds is 5. The molecule has 0 aliphatic rings. The molecule has 0 saturated carbocycles. The third kappa shape index (κ3) is 3.73. The van der Waals surface area contributed by atoms with Gasteiger partial charge in [-0.15, -0.1) is 11.3 Å². The fourth-order valence-corrected chi connectivity index (χ4v) is 4.72. The molecule has 1 aromatic heterocycles. The maximum Gasteiger partial charge on any atom is 0.0684 e. The molecule has 0 amide bonds. The van der Waals surface area contributed by atoms with Gasteiger partial charge in [0.15, 0.2) is 0 Å². The molecule has 1 nitrogen and oxygen atoms in total.